The van der Waals surface area contributed by atoms with Gasteiger partial charge in [-0.15, -0.1) is 0 Å². The van der Waals surface area contributed by atoms with Crippen LogP contribution in [0.2, 0.25) is 25.7 Å². The third-order valence-corrected chi connectivity index (χ3v) is 7.82. The van der Waals surface area contributed by atoms with Crippen LogP contribution in [-0.2, 0) is 10.2 Å². The predicted octanol–water partition coefficient (Wildman–Crippen LogP) is 7.30. The van der Waals surface area contributed by atoms with Gasteiger partial charge in [0.25, 0.3) is 0 Å². The van der Waals surface area contributed by atoms with Crippen LogP contribution in [-0.4, -0.2) is 26.4 Å². The molecule has 3 rings (SSSR count). The maximum Gasteiger partial charge on any atom is 0.338 e. The first-order valence-electron chi connectivity index (χ1n) is 11.4. The molecule has 0 saturated heterocycles. The molecule has 0 aromatic heterocycles. The first-order valence-corrected chi connectivity index (χ1v) is 15.1. The second-order valence-corrected chi connectivity index (χ2v) is 16.2. The molecule has 3 nitrogen and oxygen atoms in total. The summed E-state index contributed by atoms with van der Waals surface area (Å²) >= 11 is 0. The minimum Gasteiger partial charge on any atom is -0.462 e. The van der Waals surface area contributed by atoms with E-state index >= 15 is 0 Å². The molecule has 0 saturated carbocycles. The lowest BCUT2D eigenvalue weighted by Gasteiger charge is -2.31. The molecule has 0 aliphatic heterocycles. The van der Waals surface area contributed by atoms with Gasteiger partial charge >= 0.3 is 5.97 Å². The van der Waals surface area contributed by atoms with Gasteiger partial charge in [-0.2, -0.15) is 0 Å². The molecule has 0 unspecified atom stereocenters. The number of halogens is 1. The number of hydrogen-bond acceptors (Lipinski definition) is 3. The molecule has 0 spiro atoms. The largest absolute Gasteiger partial charge is 0.462 e. The van der Waals surface area contributed by atoms with Crippen molar-refractivity contribution < 1.29 is 18.7 Å². The number of allylic oxidation sites excluding steroid dienone is 3. The summed E-state index contributed by atoms with van der Waals surface area (Å²) in [5.41, 5.74) is 4.51. The maximum atomic E-state index is 14.6. The van der Waals surface area contributed by atoms with Gasteiger partial charge in [-0.05, 0) is 71.9 Å². The number of ketones is 1. The van der Waals surface area contributed by atoms with Crippen molar-refractivity contribution in [3.05, 3.63) is 82.2 Å². The fourth-order valence-corrected chi connectivity index (χ4v) is 4.53. The number of esters is 1. The molecule has 0 bridgehead atoms. The molecular formula is C28H33FO3Si. The molecular weight excluding hydrogens is 431 g/mol. The fourth-order valence-electron chi connectivity index (χ4n) is 3.81. The van der Waals surface area contributed by atoms with E-state index in [4.69, 9.17) is 4.74 Å². The standard InChI is InChI=1S/C28H33FO3Si/c1-19-13-14-28(2,3)24-17-21(9-11-23(19)24)26(30)12-10-20-7-8-22(18-25(20)29)27(31)32-15-16-33(4,5)6/h7-13,17-18H,14-16H2,1-6H3. The highest BCUT2D eigenvalue weighted by Gasteiger charge is 2.27. The van der Waals surface area contributed by atoms with E-state index in [9.17, 15) is 14.0 Å². The molecule has 0 fully saturated rings. The average molecular weight is 465 g/mol. The van der Waals surface area contributed by atoms with Crippen molar-refractivity contribution in [3.8, 4) is 0 Å². The van der Waals surface area contributed by atoms with Crippen LogP contribution >= 0.6 is 0 Å². The molecule has 0 amide bonds. The van der Waals surface area contributed by atoms with Crippen molar-refractivity contribution in [2.75, 3.05) is 6.61 Å². The molecule has 2 aromatic rings. The number of rotatable bonds is 7. The highest BCUT2D eigenvalue weighted by atomic mass is 28.3. The Hall–Kier alpha value is -2.79. The number of fused-ring (bicyclic) bond motifs is 1. The van der Waals surface area contributed by atoms with E-state index < -0.39 is 19.9 Å². The minimum absolute atomic E-state index is 0.0412. The lowest BCUT2D eigenvalue weighted by atomic mass is 9.73. The van der Waals surface area contributed by atoms with Crippen molar-refractivity contribution in [2.24, 2.45) is 0 Å². The second kappa shape index (κ2) is 9.60. The highest BCUT2D eigenvalue weighted by Crippen LogP contribution is 2.39. The SMILES string of the molecule is CC1=CCC(C)(C)c2cc(C(=O)C=Cc3ccc(C(=O)OCC[Si](C)(C)C)cc3F)ccc21. The summed E-state index contributed by atoms with van der Waals surface area (Å²) in [5, 5.41) is 0. The molecule has 0 heterocycles. The van der Waals surface area contributed by atoms with E-state index in [0.717, 1.165) is 24.1 Å². The number of ether oxygens (including phenoxy) is 1. The molecule has 0 N–H and O–H groups in total. The van der Waals surface area contributed by atoms with Crippen LogP contribution in [0.15, 0.2) is 48.6 Å². The van der Waals surface area contributed by atoms with Gasteiger partial charge in [-0.25, -0.2) is 9.18 Å². The van der Waals surface area contributed by atoms with E-state index in [1.54, 1.807) is 0 Å². The monoisotopic (exact) mass is 464 g/mol. The predicted molar refractivity (Wildman–Crippen MR) is 136 cm³/mol. The Morgan fingerprint density at radius 3 is 2.45 bits per heavy atom. The average Bonchev–Trinajstić information content (AvgIpc) is 2.74. The summed E-state index contributed by atoms with van der Waals surface area (Å²) in [4.78, 5) is 25.0. The Labute approximate surface area is 197 Å². The van der Waals surface area contributed by atoms with Gasteiger partial charge in [0.1, 0.15) is 5.82 Å². The van der Waals surface area contributed by atoms with Gasteiger partial charge in [0.2, 0.25) is 0 Å². The molecule has 5 heteroatoms. The van der Waals surface area contributed by atoms with Gasteiger partial charge in [0, 0.05) is 19.2 Å². The summed E-state index contributed by atoms with van der Waals surface area (Å²) < 4.78 is 19.9. The number of carbonyl (C=O) groups excluding carboxylic acids is 2. The Morgan fingerprint density at radius 2 is 1.79 bits per heavy atom. The summed E-state index contributed by atoms with van der Waals surface area (Å²) in [6, 6.07) is 10.8. The lowest BCUT2D eigenvalue weighted by Crippen LogP contribution is -2.22. The zero-order valence-corrected chi connectivity index (χ0v) is 21.4. The Kier molecular flexibility index (Phi) is 7.22. The Balaban J connectivity index is 1.72. The third-order valence-electron chi connectivity index (χ3n) is 6.11. The molecule has 0 atom stereocenters. The smallest absolute Gasteiger partial charge is 0.338 e. The summed E-state index contributed by atoms with van der Waals surface area (Å²) in [6.07, 6.45) is 5.99. The molecule has 174 valence electrons. The van der Waals surface area contributed by atoms with Gasteiger partial charge in [0.15, 0.2) is 5.78 Å². The molecule has 33 heavy (non-hydrogen) atoms. The van der Waals surface area contributed by atoms with E-state index in [1.807, 2.05) is 18.2 Å². The minimum atomic E-state index is -1.31. The molecule has 1 aliphatic carbocycles. The van der Waals surface area contributed by atoms with Crippen LogP contribution in [0.1, 0.15) is 64.6 Å². The summed E-state index contributed by atoms with van der Waals surface area (Å²) in [5.74, 6) is -1.28. The zero-order chi connectivity index (χ0) is 24.4. The number of carbonyl (C=O) groups is 2. The van der Waals surface area contributed by atoms with E-state index in [-0.39, 0.29) is 22.3 Å². The first kappa shape index (κ1) is 24.8. The topological polar surface area (TPSA) is 43.4 Å². The van der Waals surface area contributed by atoms with Crippen LogP contribution < -0.4 is 0 Å². The van der Waals surface area contributed by atoms with Crippen LogP contribution in [0, 0.1) is 5.82 Å². The highest BCUT2D eigenvalue weighted by molar-refractivity contribution is 6.76. The van der Waals surface area contributed by atoms with Crippen molar-refractivity contribution in [1.29, 1.82) is 0 Å². The maximum absolute atomic E-state index is 14.6. The van der Waals surface area contributed by atoms with Crippen molar-refractivity contribution >= 4 is 31.5 Å². The van der Waals surface area contributed by atoms with E-state index in [2.05, 4.69) is 46.5 Å². The molecule has 1 aliphatic rings. The molecule has 0 radical (unpaired) electrons. The van der Waals surface area contributed by atoms with Crippen molar-refractivity contribution in [3.63, 3.8) is 0 Å². The van der Waals surface area contributed by atoms with Gasteiger partial charge < -0.3 is 4.74 Å². The van der Waals surface area contributed by atoms with Crippen molar-refractivity contribution in [1.82, 2.24) is 0 Å². The van der Waals surface area contributed by atoms with E-state index in [1.165, 1.54) is 35.4 Å². The van der Waals surface area contributed by atoms with Gasteiger partial charge in [0.05, 0.1) is 12.2 Å². The van der Waals surface area contributed by atoms with Gasteiger partial charge in [-0.3, -0.25) is 4.79 Å². The normalized spacial score (nSPS) is 15.2. The zero-order valence-electron chi connectivity index (χ0n) is 20.4. The van der Waals surface area contributed by atoms with Crippen LogP contribution in [0.25, 0.3) is 11.6 Å². The lowest BCUT2D eigenvalue weighted by molar-refractivity contribution is 0.0524. The quantitative estimate of drug-likeness (QED) is 0.187. The number of benzene rings is 2. The first-order chi connectivity index (χ1) is 15.4. The van der Waals surface area contributed by atoms with Crippen LogP contribution in [0.4, 0.5) is 4.39 Å². The summed E-state index contributed by atoms with van der Waals surface area (Å²) in [7, 11) is -1.31. The van der Waals surface area contributed by atoms with Crippen LogP contribution in [0.3, 0.4) is 0 Å². The van der Waals surface area contributed by atoms with Crippen molar-refractivity contribution in [2.45, 2.75) is 58.3 Å². The van der Waals surface area contributed by atoms with E-state index in [0.29, 0.717) is 12.2 Å². The summed E-state index contributed by atoms with van der Waals surface area (Å²) in [6.45, 7) is 13.4. The third kappa shape index (κ3) is 6.17. The Bertz CT molecular complexity index is 1140. The van der Waals surface area contributed by atoms with Crippen LogP contribution in [0.5, 0.6) is 0 Å². The number of hydrogen-bond donors (Lipinski definition) is 0. The Morgan fingerprint density at radius 1 is 1.09 bits per heavy atom. The molecule has 2 aromatic carbocycles. The fraction of sp³-hybridized carbons (Fsp3) is 0.357. The second-order valence-electron chi connectivity index (χ2n) is 10.6. The van der Waals surface area contributed by atoms with Gasteiger partial charge in [-0.1, -0.05) is 57.8 Å².